The minimum absolute atomic E-state index is 0.0790. The molecule has 0 saturated carbocycles. The Hall–Kier alpha value is 0.150. The van der Waals surface area contributed by atoms with Crippen molar-refractivity contribution < 1.29 is 13.2 Å². The van der Waals surface area contributed by atoms with Gasteiger partial charge in [-0.1, -0.05) is 39.1 Å². The fourth-order valence-electron chi connectivity index (χ4n) is 1.46. The first kappa shape index (κ1) is 18.2. The van der Waals surface area contributed by atoms with Crippen molar-refractivity contribution in [2.24, 2.45) is 0 Å². The predicted octanol–water partition coefficient (Wildman–Crippen LogP) is 3.85. The van der Waals surface area contributed by atoms with Gasteiger partial charge in [-0.3, -0.25) is 0 Å². The molecule has 0 aliphatic carbocycles. The second-order valence-electron chi connectivity index (χ2n) is 4.37. The van der Waals surface area contributed by atoms with Gasteiger partial charge in [0.1, 0.15) is 4.90 Å². The third kappa shape index (κ3) is 5.50. The largest absolute Gasteiger partial charge is 0.379 e. The zero-order valence-corrected chi connectivity index (χ0v) is 15.0. The highest BCUT2D eigenvalue weighted by Crippen LogP contribution is 2.32. The highest BCUT2D eigenvalue weighted by Gasteiger charge is 2.21. The molecule has 114 valence electrons. The van der Waals surface area contributed by atoms with Crippen LogP contribution in [0.15, 0.2) is 21.5 Å². The minimum Gasteiger partial charge on any atom is -0.379 e. The lowest BCUT2D eigenvalue weighted by molar-refractivity contribution is 0.0778. The molecule has 0 aliphatic rings. The number of sulfonamides is 1. The lowest BCUT2D eigenvalue weighted by Crippen LogP contribution is -2.26. The maximum absolute atomic E-state index is 12.1. The van der Waals surface area contributed by atoms with Crippen LogP contribution in [-0.2, 0) is 14.8 Å². The van der Waals surface area contributed by atoms with Crippen LogP contribution in [0.25, 0.3) is 0 Å². The molecule has 8 heteroatoms. The molecule has 0 radical (unpaired) electrons. The molecule has 0 unspecified atom stereocenters. The smallest absolute Gasteiger partial charge is 0.243 e. The lowest BCUT2D eigenvalue weighted by Gasteiger charge is -2.11. The van der Waals surface area contributed by atoms with Crippen molar-refractivity contribution in [2.45, 2.75) is 31.3 Å². The van der Waals surface area contributed by atoms with Gasteiger partial charge >= 0.3 is 0 Å². The Morgan fingerprint density at radius 1 is 1.30 bits per heavy atom. The van der Waals surface area contributed by atoms with E-state index in [2.05, 4.69) is 20.7 Å². The SMILES string of the molecule is CC(C)OCCCNS(=O)(=O)c1c(Cl)cc(Br)cc1Cl. The van der Waals surface area contributed by atoms with Crippen molar-refractivity contribution in [3.8, 4) is 0 Å². The van der Waals surface area contributed by atoms with Gasteiger partial charge in [0.2, 0.25) is 10.0 Å². The van der Waals surface area contributed by atoms with Gasteiger partial charge in [0.15, 0.2) is 0 Å². The van der Waals surface area contributed by atoms with Gasteiger partial charge in [-0.15, -0.1) is 0 Å². The Balaban J connectivity index is 2.70. The van der Waals surface area contributed by atoms with Crippen molar-refractivity contribution in [1.29, 1.82) is 0 Å². The molecule has 0 bridgehead atoms. The lowest BCUT2D eigenvalue weighted by atomic mass is 10.4. The first-order chi connectivity index (χ1) is 9.24. The Labute approximate surface area is 138 Å². The third-order valence-corrected chi connectivity index (χ3v) is 5.14. The number of nitrogens with one attached hydrogen (secondary N) is 1. The molecule has 20 heavy (non-hydrogen) atoms. The molecule has 0 atom stereocenters. The molecule has 0 aliphatic heterocycles. The molecule has 4 nitrogen and oxygen atoms in total. The normalized spacial score (nSPS) is 12.1. The van der Waals surface area contributed by atoms with Gasteiger partial charge in [0, 0.05) is 17.6 Å². The zero-order valence-electron chi connectivity index (χ0n) is 11.1. The summed E-state index contributed by atoms with van der Waals surface area (Å²) in [6.07, 6.45) is 0.699. The molecule has 0 aromatic heterocycles. The highest BCUT2D eigenvalue weighted by atomic mass is 79.9. The summed E-state index contributed by atoms with van der Waals surface area (Å²) >= 11 is 15.1. The van der Waals surface area contributed by atoms with Crippen molar-refractivity contribution in [2.75, 3.05) is 13.2 Å². The van der Waals surface area contributed by atoms with E-state index < -0.39 is 10.0 Å². The van der Waals surface area contributed by atoms with Crippen LogP contribution in [0, 0.1) is 0 Å². The van der Waals surface area contributed by atoms with Crippen molar-refractivity contribution in [3.63, 3.8) is 0 Å². The summed E-state index contributed by atoms with van der Waals surface area (Å²) in [5.74, 6) is 0. The zero-order chi connectivity index (χ0) is 15.3. The van der Waals surface area contributed by atoms with Crippen LogP contribution >= 0.6 is 39.1 Å². The summed E-state index contributed by atoms with van der Waals surface area (Å²) in [5.41, 5.74) is 0. The summed E-state index contributed by atoms with van der Waals surface area (Å²) in [4.78, 5) is -0.103. The Kier molecular flexibility index (Phi) is 7.24. The molecule has 0 fully saturated rings. The minimum atomic E-state index is -3.73. The van der Waals surface area contributed by atoms with Gasteiger partial charge < -0.3 is 4.74 Å². The predicted molar refractivity (Wildman–Crippen MR) is 85.1 cm³/mol. The highest BCUT2D eigenvalue weighted by molar-refractivity contribution is 9.10. The maximum Gasteiger partial charge on any atom is 0.243 e. The first-order valence-electron chi connectivity index (χ1n) is 6.00. The number of hydrogen-bond acceptors (Lipinski definition) is 3. The number of rotatable bonds is 7. The number of halogens is 3. The molecule has 1 aromatic rings. The Morgan fingerprint density at radius 3 is 2.35 bits per heavy atom. The van der Waals surface area contributed by atoms with E-state index in [4.69, 9.17) is 27.9 Å². The van der Waals surface area contributed by atoms with Crippen LogP contribution in [0.2, 0.25) is 10.0 Å². The van der Waals surface area contributed by atoms with E-state index in [1.165, 1.54) is 12.1 Å². The summed E-state index contributed by atoms with van der Waals surface area (Å²) in [7, 11) is -3.73. The van der Waals surface area contributed by atoms with E-state index in [1.807, 2.05) is 13.8 Å². The average Bonchev–Trinajstić information content (AvgIpc) is 2.25. The standard InChI is InChI=1S/C12H16BrCl2NO3S/c1-8(2)19-5-3-4-16-20(17,18)12-10(14)6-9(13)7-11(12)15/h6-8,16H,3-5H2,1-2H3. The van der Waals surface area contributed by atoms with Crippen LogP contribution in [0.1, 0.15) is 20.3 Å². The van der Waals surface area contributed by atoms with Gasteiger partial charge in [-0.05, 0) is 32.4 Å². The van der Waals surface area contributed by atoms with Gasteiger partial charge in [-0.2, -0.15) is 0 Å². The number of hydrogen-bond donors (Lipinski definition) is 1. The maximum atomic E-state index is 12.1. The van der Waals surface area contributed by atoms with Crippen LogP contribution < -0.4 is 4.72 Å². The average molecular weight is 405 g/mol. The third-order valence-electron chi connectivity index (χ3n) is 2.30. The second kappa shape index (κ2) is 7.96. The first-order valence-corrected chi connectivity index (χ1v) is 9.03. The number of benzene rings is 1. The van der Waals surface area contributed by atoms with E-state index in [0.717, 1.165) is 0 Å². The molecule has 0 saturated heterocycles. The fourth-order valence-corrected chi connectivity index (χ4v) is 4.46. The summed E-state index contributed by atoms with van der Waals surface area (Å²) < 4.78 is 32.7. The molecular weight excluding hydrogens is 389 g/mol. The summed E-state index contributed by atoms with van der Waals surface area (Å²) in [6, 6.07) is 2.98. The topological polar surface area (TPSA) is 55.4 Å². The monoisotopic (exact) mass is 403 g/mol. The van der Waals surface area contributed by atoms with Crippen LogP contribution in [0.4, 0.5) is 0 Å². The summed E-state index contributed by atoms with van der Waals surface area (Å²) in [6.45, 7) is 4.59. The second-order valence-corrected chi connectivity index (χ2v) is 7.80. The Bertz CT molecular complexity index is 541. The van der Waals surface area contributed by atoms with E-state index in [9.17, 15) is 8.42 Å². The van der Waals surface area contributed by atoms with E-state index in [0.29, 0.717) is 17.5 Å². The Morgan fingerprint density at radius 2 is 1.85 bits per heavy atom. The number of ether oxygens (including phenoxy) is 1. The van der Waals surface area contributed by atoms with Crippen molar-refractivity contribution in [3.05, 3.63) is 26.7 Å². The molecule has 0 heterocycles. The van der Waals surface area contributed by atoms with Gasteiger partial charge in [0.25, 0.3) is 0 Å². The quantitative estimate of drug-likeness (QED) is 0.702. The van der Waals surface area contributed by atoms with Crippen molar-refractivity contribution >= 4 is 49.2 Å². The molecular formula is C12H16BrCl2NO3S. The molecule has 0 spiro atoms. The van der Waals surface area contributed by atoms with E-state index in [-0.39, 0.29) is 27.6 Å². The van der Waals surface area contributed by atoms with Gasteiger partial charge in [0.05, 0.1) is 16.1 Å². The van der Waals surface area contributed by atoms with Gasteiger partial charge in [-0.25, -0.2) is 13.1 Å². The van der Waals surface area contributed by atoms with Crippen LogP contribution in [0.5, 0.6) is 0 Å². The van der Waals surface area contributed by atoms with E-state index >= 15 is 0 Å². The summed E-state index contributed by atoms with van der Waals surface area (Å²) in [5, 5.41) is 0.158. The van der Waals surface area contributed by atoms with Crippen LogP contribution in [0.3, 0.4) is 0 Å². The van der Waals surface area contributed by atoms with Crippen LogP contribution in [-0.4, -0.2) is 27.7 Å². The molecule has 1 rings (SSSR count). The van der Waals surface area contributed by atoms with Crippen molar-refractivity contribution in [1.82, 2.24) is 4.72 Å². The fraction of sp³-hybridized carbons (Fsp3) is 0.500. The molecule has 1 N–H and O–H groups in total. The van der Waals surface area contributed by atoms with E-state index in [1.54, 1.807) is 0 Å². The molecule has 1 aromatic carbocycles. The molecule has 0 amide bonds.